The van der Waals surface area contributed by atoms with Gasteiger partial charge in [0.2, 0.25) is 112 Å². The number of fused-ring (bicyclic) bond motifs is 2. The minimum Gasteiger partial charge on any atom is -0.492 e. The Labute approximate surface area is 724 Å². The number of ether oxygens (including phenoxy) is 1. The van der Waals surface area contributed by atoms with Crippen LogP contribution in [0.2, 0.25) is 0 Å². The maximum Gasteiger partial charge on any atom is 0.246 e. The smallest absolute Gasteiger partial charge is 0.246 e. The Kier molecular flexibility index (Phi) is 40.5. The molecule has 4 aromatic carbocycles. The maximum absolute atomic E-state index is 15.9. The van der Waals surface area contributed by atoms with Gasteiger partial charge in [-0.2, -0.15) is 11.8 Å². The van der Waals surface area contributed by atoms with Crippen LogP contribution in [0.15, 0.2) is 97.2 Å². The Morgan fingerprint density at radius 1 is 0.544 bits per heavy atom. The van der Waals surface area contributed by atoms with Crippen LogP contribution in [0.4, 0.5) is 0 Å². The summed E-state index contributed by atoms with van der Waals surface area (Å²) in [6.45, 7) is 7.12. The van der Waals surface area contributed by atoms with Crippen molar-refractivity contribution in [3.05, 3.63) is 114 Å². The first-order chi connectivity index (χ1) is 59.3. The first-order valence-electron chi connectivity index (χ1n) is 40.8. The summed E-state index contributed by atoms with van der Waals surface area (Å²) in [4.78, 5) is 265. The summed E-state index contributed by atoms with van der Waals surface area (Å²) in [6, 6.07) is 8.18. The molecule has 1 aliphatic heterocycles. The summed E-state index contributed by atoms with van der Waals surface area (Å²) in [5.74, 6) is -17.9. The molecule has 6 rings (SSSR count). The Balaban J connectivity index is 1.49. The fourth-order valence-electron chi connectivity index (χ4n) is 13.4. The molecule has 0 saturated carbocycles. The lowest BCUT2D eigenvalue weighted by atomic mass is 9.91. The SMILES string of the molecule is CC(=O)NCCCC[C@H](NC(=O)[C@](C)(CCCCNC(C)=O)NC(=O)[C@H](Cc1ccc2ccccc2c1)NC(=O)[C@H](Cc1ccc(OCCNC(C)=O)cc1)NC(=O)[C@@H]1CSCC[C@H](NC(C)=O)C(=O)N[C@@H](CCC(N)=O)C(=O)N[C@@H]([C@@H](C)O)C(=O)N[C@@H](Cc2c[nH]c3ccccc23)C(=O)N[C@@H](CCC(N)=O)C(=O)N1)C(=O)N[C@@H](CC(N)=O)C(=O)NCC(N)=O. The minimum atomic E-state index is -2.09. The largest absolute Gasteiger partial charge is 0.492 e. The number of carbonyl (C=O) groups excluding carboxylic acids is 19. The number of aromatic nitrogens is 1. The number of nitrogens with two attached hydrogens (primary N) is 4. The highest BCUT2D eigenvalue weighted by Crippen LogP contribution is 2.24. The highest BCUT2D eigenvalue weighted by Gasteiger charge is 2.42. The van der Waals surface area contributed by atoms with Gasteiger partial charge in [0.05, 0.1) is 25.6 Å². The number of hydrogen-bond acceptors (Lipinski definition) is 22. The Morgan fingerprint density at radius 2 is 1.10 bits per heavy atom. The van der Waals surface area contributed by atoms with Crippen molar-refractivity contribution < 1.29 is 101 Å². The predicted molar refractivity (Wildman–Crippen MR) is 457 cm³/mol. The van der Waals surface area contributed by atoms with E-state index in [9.17, 15) is 67.4 Å². The molecule has 1 aromatic heterocycles. The first kappa shape index (κ1) is 101. The zero-order valence-electron chi connectivity index (χ0n) is 70.5. The van der Waals surface area contributed by atoms with Gasteiger partial charge in [-0.05, 0) is 123 Å². The fourth-order valence-corrected chi connectivity index (χ4v) is 14.4. The van der Waals surface area contributed by atoms with E-state index in [1.165, 1.54) is 39.8 Å². The number of amides is 19. The second-order valence-corrected chi connectivity index (χ2v) is 31.7. The van der Waals surface area contributed by atoms with Gasteiger partial charge in [-0.25, -0.2) is 0 Å². The molecule has 42 heteroatoms. The van der Waals surface area contributed by atoms with Crippen LogP contribution in [0.25, 0.3) is 21.7 Å². The average molecular weight is 1760 g/mol. The van der Waals surface area contributed by atoms with Crippen LogP contribution in [0.5, 0.6) is 5.75 Å². The lowest BCUT2D eigenvalue weighted by Gasteiger charge is -2.34. The van der Waals surface area contributed by atoms with E-state index >= 15 is 28.8 Å². The van der Waals surface area contributed by atoms with Crippen LogP contribution >= 0.6 is 11.8 Å². The topological polar surface area (TPSA) is 654 Å². The molecule has 125 heavy (non-hydrogen) atoms. The van der Waals surface area contributed by atoms with Crippen LogP contribution in [0.3, 0.4) is 0 Å². The molecule has 1 aliphatic rings. The second-order valence-electron chi connectivity index (χ2n) is 30.5. The number of carbonyl (C=O) groups is 19. The Bertz CT molecular complexity index is 4700. The number of aromatic amines is 1. The molecule has 19 amide bonds. The number of nitrogens with one attached hydrogen (secondary N) is 16. The Morgan fingerprint density at radius 3 is 1.73 bits per heavy atom. The van der Waals surface area contributed by atoms with Gasteiger partial charge in [0.15, 0.2) is 0 Å². The molecule has 1 fully saturated rings. The molecule has 2 heterocycles. The lowest BCUT2D eigenvalue weighted by molar-refractivity contribution is -0.138. The number of para-hydroxylation sites is 1. The molecule has 41 nitrogen and oxygen atoms in total. The van der Waals surface area contributed by atoms with E-state index in [-0.39, 0.29) is 108 Å². The van der Waals surface area contributed by atoms with Crippen molar-refractivity contribution in [2.75, 3.05) is 44.3 Å². The van der Waals surface area contributed by atoms with E-state index in [0.29, 0.717) is 38.7 Å². The molecule has 0 spiro atoms. The zero-order valence-corrected chi connectivity index (χ0v) is 71.3. The van der Waals surface area contributed by atoms with Gasteiger partial charge in [-0.3, -0.25) is 91.1 Å². The number of thioether (sulfide) groups is 1. The third-order valence-electron chi connectivity index (χ3n) is 20.0. The molecule has 12 atom stereocenters. The van der Waals surface area contributed by atoms with Crippen molar-refractivity contribution in [2.45, 2.75) is 210 Å². The van der Waals surface area contributed by atoms with E-state index in [1.807, 2.05) is 6.07 Å². The van der Waals surface area contributed by atoms with Gasteiger partial charge < -0.3 is 118 Å². The fraction of sp³-hybridized carbons (Fsp3) is 0.482. The van der Waals surface area contributed by atoms with Crippen molar-refractivity contribution in [3.8, 4) is 5.75 Å². The second kappa shape index (κ2) is 50.3. The standard InChI is InChI=1S/C83H114N20O21S/c1-45(104)71-81(122)99-64(40-54-42-91-57-18-10-9-17-56(54)57)78(119)95-59(26-28-67(84)109)74(115)100-66(44-125-36-30-61(93-49(5)108)75(116)94-60(76(117)102-71)27-29-68(85)110)79(120)96-62(38-50-21-24-55(25-22-50)124-35-34-90-48(4)107)77(118)97-63(39-51-20-23-52-15-7-8-16-53(52)37-51)80(121)103-83(6,31-12-14-33-89-47(3)106)82(123)101-58(19-11-13-32-88-46(2)105)73(114)98-65(41-69(86)111)72(113)92-43-70(87)112/h7-10,15-18,20-25,37,42,45,58-66,71,91,104H,11-14,19,26-36,38-41,43-44H2,1-6H3,(H2,84,109)(H2,85,110)(H2,86,111)(H2,87,112)(H,88,105)(H,89,106)(H,90,107)(H,92,113)(H,93,108)(H,94,116)(H,95,119)(H,96,120)(H,97,118)(H,98,114)(H,99,122)(H,100,115)(H,101,123)(H,102,117)(H,103,121)/t45-,58+,59+,60+,61+,62+,63+,64+,65+,66+,71+,83+/m1/s1. The molecule has 0 radical (unpaired) electrons. The van der Waals surface area contributed by atoms with Crippen LogP contribution in [-0.2, 0) is 110 Å². The van der Waals surface area contributed by atoms with E-state index in [0.717, 1.165) is 31.0 Å². The quantitative estimate of drug-likeness (QED) is 0.0164. The van der Waals surface area contributed by atoms with E-state index in [4.69, 9.17) is 27.7 Å². The number of primary amides is 4. The third kappa shape index (κ3) is 34.9. The van der Waals surface area contributed by atoms with Crippen LogP contribution in [-0.4, -0.2) is 239 Å². The molecule has 1 saturated heterocycles. The van der Waals surface area contributed by atoms with Crippen molar-refractivity contribution in [3.63, 3.8) is 0 Å². The highest BCUT2D eigenvalue weighted by molar-refractivity contribution is 7.99. The minimum absolute atomic E-state index is 0.0264. The van der Waals surface area contributed by atoms with Crippen molar-refractivity contribution in [1.29, 1.82) is 0 Å². The average Bonchev–Trinajstić information content (AvgIpc) is 1.78. The van der Waals surface area contributed by atoms with Gasteiger partial charge in [-0.1, -0.05) is 72.8 Å². The molecular formula is C83H114N20O21S. The van der Waals surface area contributed by atoms with Crippen LogP contribution < -0.4 is 107 Å². The van der Waals surface area contributed by atoms with Gasteiger partial charge in [0, 0.05) is 95.7 Å². The van der Waals surface area contributed by atoms with Crippen molar-refractivity contribution in [1.82, 2.24) is 84.7 Å². The molecule has 0 unspecified atom stereocenters. The summed E-state index contributed by atoms with van der Waals surface area (Å²) < 4.78 is 5.85. The van der Waals surface area contributed by atoms with Crippen LogP contribution in [0, 0.1) is 0 Å². The summed E-state index contributed by atoms with van der Waals surface area (Å²) in [5, 5.41) is 51.9. The number of rotatable bonds is 43. The van der Waals surface area contributed by atoms with Crippen LogP contribution in [0.1, 0.15) is 135 Å². The molecular weight excluding hydrogens is 1650 g/mol. The summed E-state index contributed by atoms with van der Waals surface area (Å²) >= 11 is 0.909. The monoisotopic (exact) mass is 1760 g/mol. The Hall–Kier alpha value is -13.3. The molecule has 678 valence electrons. The number of hydrogen-bond donors (Lipinski definition) is 21. The highest BCUT2D eigenvalue weighted by atomic mass is 32.2. The normalized spacial score (nSPS) is 18.3. The lowest BCUT2D eigenvalue weighted by Crippen LogP contribution is -2.64. The molecule has 5 aromatic rings. The van der Waals surface area contributed by atoms with E-state index in [1.54, 1.807) is 79.0 Å². The summed E-state index contributed by atoms with van der Waals surface area (Å²) in [6.07, 6.45) is -4.29. The number of unbranched alkanes of at least 4 members (excludes halogenated alkanes) is 2. The van der Waals surface area contributed by atoms with Gasteiger partial charge in [-0.15, -0.1) is 0 Å². The maximum atomic E-state index is 15.9. The van der Waals surface area contributed by atoms with Crippen molar-refractivity contribution >= 4 is 146 Å². The van der Waals surface area contributed by atoms with Gasteiger partial charge >= 0.3 is 0 Å². The van der Waals surface area contributed by atoms with E-state index in [2.05, 4.69) is 84.7 Å². The predicted octanol–water partition coefficient (Wildman–Crippen LogP) is -4.25. The summed E-state index contributed by atoms with van der Waals surface area (Å²) in [5.41, 5.74) is 21.6. The summed E-state index contributed by atoms with van der Waals surface area (Å²) in [7, 11) is 0. The van der Waals surface area contributed by atoms with Gasteiger partial charge in [0.1, 0.15) is 78.3 Å². The van der Waals surface area contributed by atoms with E-state index < -0.39 is 217 Å². The number of benzene rings is 4. The molecule has 0 bridgehead atoms. The third-order valence-corrected chi connectivity index (χ3v) is 21.1. The molecule has 0 aliphatic carbocycles. The van der Waals surface area contributed by atoms with Crippen molar-refractivity contribution in [2.24, 2.45) is 22.9 Å². The first-order valence-corrected chi connectivity index (χ1v) is 41.9. The molecule has 25 N–H and O–H groups in total. The number of aliphatic hydroxyl groups is 1. The number of aliphatic hydroxyl groups excluding tert-OH is 1. The van der Waals surface area contributed by atoms with Gasteiger partial charge in [0.25, 0.3) is 0 Å². The number of H-pyrrole nitrogens is 1. The zero-order chi connectivity index (χ0) is 92.0.